The van der Waals surface area contributed by atoms with Crippen molar-refractivity contribution in [2.24, 2.45) is 5.92 Å². The van der Waals surface area contributed by atoms with Gasteiger partial charge in [0.1, 0.15) is 10.7 Å². The lowest BCUT2D eigenvalue weighted by atomic mass is 9.92. The van der Waals surface area contributed by atoms with Crippen molar-refractivity contribution in [1.82, 2.24) is 9.88 Å². The zero-order valence-corrected chi connectivity index (χ0v) is 12.7. The zero-order chi connectivity index (χ0) is 14.1. The lowest BCUT2D eigenvalue weighted by Gasteiger charge is -2.37. The molecule has 1 saturated heterocycles. The number of carbonyl (C=O) groups excluding carboxylic acids is 1. The van der Waals surface area contributed by atoms with E-state index in [1.165, 1.54) is 30.6 Å². The Balaban J connectivity index is 1.80. The van der Waals surface area contributed by atoms with E-state index < -0.39 is 0 Å². The summed E-state index contributed by atoms with van der Waals surface area (Å²) in [6.45, 7) is 3.66. The second kappa shape index (κ2) is 5.60. The number of nitrogens with zero attached hydrogens (tertiary/aromatic N) is 2. The number of nitrogens with one attached hydrogen (secondary N) is 1. The van der Waals surface area contributed by atoms with Crippen LogP contribution in [0.25, 0.3) is 0 Å². The molecule has 1 amide bonds. The van der Waals surface area contributed by atoms with Gasteiger partial charge in [-0.25, -0.2) is 4.98 Å². The Morgan fingerprint density at radius 3 is 3.05 bits per heavy atom. The van der Waals surface area contributed by atoms with Crippen LogP contribution in [-0.2, 0) is 0 Å². The molecule has 1 aromatic rings. The maximum Gasteiger partial charge on any atom is 0.268 e. The molecule has 1 aliphatic carbocycles. The van der Waals surface area contributed by atoms with E-state index in [9.17, 15) is 4.79 Å². The zero-order valence-electron chi connectivity index (χ0n) is 11.9. The van der Waals surface area contributed by atoms with Crippen molar-refractivity contribution < 1.29 is 4.79 Å². The largest absolute Gasteiger partial charge is 0.382 e. The Kier molecular flexibility index (Phi) is 3.83. The van der Waals surface area contributed by atoms with Gasteiger partial charge in [-0.3, -0.25) is 4.79 Å². The smallest absolute Gasteiger partial charge is 0.268 e. The molecule has 2 atom stereocenters. The second-order valence-corrected chi connectivity index (χ2v) is 6.66. The molecule has 6 heteroatoms. The number of aromatic nitrogens is 1. The average Bonchev–Trinajstić information content (AvgIpc) is 3.04. The molecule has 1 aliphatic heterocycles. The third-order valence-electron chi connectivity index (χ3n) is 4.43. The molecule has 5 nitrogen and oxygen atoms in total. The predicted octanol–water partition coefficient (Wildman–Crippen LogP) is 2.56. The number of piperidine rings is 1. The number of fused-ring (bicyclic) bond motifs is 1. The van der Waals surface area contributed by atoms with Crippen molar-refractivity contribution in [2.45, 2.75) is 45.1 Å². The highest BCUT2D eigenvalue weighted by Gasteiger charge is 2.38. The summed E-state index contributed by atoms with van der Waals surface area (Å²) in [7, 11) is 0. The molecular formula is C14H22N4OS. The number of hydrogen-bond donors (Lipinski definition) is 2. The molecule has 2 aliphatic rings. The van der Waals surface area contributed by atoms with E-state index in [0.717, 1.165) is 31.1 Å². The first kappa shape index (κ1) is 13.7. The average molecular weight is 294 g/mol. The number of nitrogen functional groups attached to an aromatic ring is 1. The van der Waals surface area contributed by atoms with Crippen molar-refractivity contribution >= 4 is 28.2 Å². The standard InChI is InChI=1S/C14H22N4OS/c1-2-16-14-17-12(15)11(20-14)13(19)18-8-4-6-9-5-3-7-10(9)18/h9-10H,2-8,15H2,1H3,(H,16,17). The Bertz CT molecular complexity index is 501. The number of rotatable bonds is 3. The van der Waals surface area contributed by atoms with E-state index in [-0.39, 0.29) is 5.91 Å². The Hall–Kier alpha value is -1.30. The molecule has 2 heterocycles. The normalized spacial score (nSPS) is 25.6. The van der Waals surface area contributed by atoms with Crippen LogP contribution in [0.1, 0.15) is 48.7 Å². The van der Waals surface area contributed by atoms with Crippen LogP contribution < -0.4 is 11.1 Å². The monoisotopic (exact) mass is 294 g/mol. The van der Waals surface area contributed by atoms with E-state index in [1.54, 1.807) is 0 Å². The van der Waals surface area contributed by atoms with E-state index in [1.807, 2.05) is 6.92 Å². The van der Waals surface area contributed by atoms with Gasteiger partial charge in [0.15, 0.2) is 5.13 Å². The van der Waals surface area contributed by atoms with Crippen LogP contribution in [-0.4, -0.2) is 34.9 Å². The van der Waals surface area contributed by atoms with Gasteiger partial charge in [-0.05, 0) is 38.5 Å². The fourth-order valence-corrected chi connectivity index (χ4v) is 4.46. The van der Waals surface area contributed by atoms with Gasteiger partial charge in [-0.15, -0.1) is 0 Å². The van der Waals surface area contributed by atoms with Crippen LogP contribution in [0, 0.1) is 5.92 Å². The van der Waals surface area contributed by atoms with Crippen molar-refractivity contribution in [3.05, 3.63) is 4.88 Å². The number of likely N-dealkylation sites (tertiary alicyclic amines) is 1. The number of amides is 1. The highest BCUT2D eigenvalue weighted by Crippen LogP contribution is 2.38. The highest BCUT2D eigenvalue weighted by molar-refractivity contribution is 7.18. The van der Waals surface area contributed by atoms with Crippen molar-refractivity contribution in [1.29, 1.82) is 0 Å². The second-order valence-electron chi connectivity index (χ2n) is 5.66. The molecule has 110 valence electrons. The minimum absolute atomic E-state index is 0.0840. The van der Waals surface area contributed by atoms with Gasteiger partial charge >= 0.3 is 0 Å². The predicted molar refractivity (Wildman–Crippen MR) is 82.1 cm³/mol. The molecule has 3 N–H and O–H groups in total. The molecule has 1 aromatic heterocycles. The highest BCUT2D eigenvalue weighted by atomic mass is 32.1. The minimum Gasteiger partial charge on any atom is -0.382 e. The van der Waals surface area contributed by atoms with Gasteiger partial charge in [0, 0.05) is 19.1 Å². The van der Waals surface area contributed by atoms with E-state index in [0.29, 0.717) is 22.7 Å². The van der Waals surface area contributed by atoms with Gasteiger partial charge in [0.25, 0.3) is 5.91 Å². The summed E-state index contributed by atoms with van der Waals surface area (Å²) in [5.41, 5.74) is 5.93. The number of carbonyl (C=O) groups is 1. The van der Waals surface area contributed by atoms with Gasteiger partial charge in [0.2, 0.25) is 0 Å². The first-order chi connectivity index (χ1) is 9.70. The third kappa shape index (κ3) is 2.37. The summed E-state index contributed by atoms with van der Waals surface area (Å²) in [6, 6.07) is 0.431. The van der Waals surface area contributed by atoms with Crippen LogP contribution in [0.4, 0.5) is 10.9 Å². The lowest BCUT2D eigenvalue weighted by Crippen LogP contribution is -2.46. The topological polar surface area (TPSA) is 71.2 Å². The van der Waals surface area contributed by atoms with Crippen LogP contribution >= 0.6 is 11.3 Å². The lowest BCUT2D eigenvalue weighted by molar-refractivity contribution is 0.0554. The quantitative estimate of drug-likeness (QED) is 0.898. The maximum atomic E-state index is 12.8. The number of thiazole rings is 1. The molecule has 0 aromatic carbocycles. The van der Waals surface area contributed by atoms with E-state index in [2.05, 4.69) is 15.2 Å². The summed E-state index contributed by atoms with van der Waals surface area (Å²) in [5, 5.41) is 3.87. The summed E-state index contributed by atoms with van der Waals surface area (Å²) < 4.78 is 0. The Labute approximate surface area is 123 Å². The van der Waals surface area contributed by atoms with Gasteiger partial charge in [0.05, 0.1) is 0 Å². The number of hydrogen-bond acceptors (Lipinski definition) is 5. The van der Waals surface area contributed by atoms with Gasteiger partial charge in [-0.1, -0.05) is 17.8 Å². The molecule has 0 spiro atoms. The van der Waals surface area contributed by atoms with E-state index in [4.69, 9.17) is 5.73 Å². The van der Waals surface area contributed by atoms with Crippen LogP contribution in [0.2, 0.25) is 0 Å². The minimum atomic E-state index is 0.0840. The first-order valence-corrected chi connectivity index (χ1v) is 8.33. The molecule has 0 radical (unpaired) electrons. The Morgan fingerprint density at radius 2 is 2.25 bits per heavy atom. The number of nitrogens with two attached hydrogens (primary N) is 1. The SMILES string of the molecule is CCNc1nc(N)c(C(=O)N2CCCC3CCCC32)s1. The van der Waals surface area contributed by atoms with Crippen molar-refractivity contribution in [3.8, 4) is 0 Å². The van der Waals surface area contributed by atoms with Crippen molar-refractivity contribution in [2.75, 3.05) is 24.1 Å². The number of anilines is 2. The summed E-state index contributed by atoms with van der Waals surface area (Å²) in [6.07, 6.45) is 6.06. The molecule has 3 rings (SSSR count). The Morgan fingerprint density at radius 1 is 1.45 bits per heavy atom. The van der Waals surface area contributed by atoms with Crippen molar-refractivity contribution in [3.63, 3.8) is 0 Å². The van der Waals surface area contributed by atoms with Crippen LogP contribution in [0.3, 0.4) is 0 Å². The molecule has 2 fully saturated rings. The van der Waals surface area contributed by atoms with Crippen LogP contribution in [0.5, 0.6) is 0 Å². The first-order valence-electron chi connectivity index (χ1n) is 7.52. The molecule has 0 bridgehead atoms. The van der Waals surface area contributed by atoms with Crippen LogP contribution in [0.15, 0.2) is 0 Å². The molecule has 20 heavy (non-hydrogen) atoms. The fourth-order valence-electron chi connectivity index (χ4n) is 3.55. The van der Waals surface area contributed by atoms with Gasteiger partial charge < -0.3 is 16.0 Å². The summed E-state index contributed by atoms with van der Waals surface area (Å²) >= 11 is 1.38. The van der Waals surface area contributed by atoms with E-state index >= 15 is 0 Å². The molecule has 1 saturated carbocycles. The molecular weight excluding hydrogens is 272 g/mol. The summed E-state index contributed by atoms with van der Waals surface area (Å²) in [4.78, 5) is 19.7. The fraction of sp³-hybridized carbons (Fsp3) is 0.714. The molecule has 2 unspecified atom stereocenters. The maximum absolute atomic E-state index is 12.8. The summed E-state index contributed by atoms with van der Waals surface area (Å²) in [5.74, 6) is 1.16. The third-order valence-corrected chi connectivity index (χ3v) is 5.45. The van der Waals surface area contributed by atoms with Gasteiger partial charge in [-0.2, -0.15) is 0 Å².